The van der Waals surface area contributed by atoms with E-state index >= 15 is 0 Å². The second-order valence-electron chi connectivity index (χ2n) is 3.92. The third-order valence-electron chi connectivity index (χ3n) is 2.75. The fraction of sp³-hybridized carbons (Fsp3) is 0.455. The lowest BCUT2D eigenvalue weighted by atomic mass is 10.1. The van der Waals surface area contributed by atoms with Crippen LogP contribution in [0.5, 0.6) is 0 Å². The van der Waals surface area contributed by atoms with Crippen LogP contribution in [0.2, 0.25) is 0 Å². The Morgan fingerprint density at radius 1 is 1.50 bits per heavy atom. The van der Waals surface area contributed by atoms with E-state index in [-0.39, 0.29) is 0 Å². The van der Waals surface area contributed by atoms with Gasteiger partial charge in [0.1, 0.15) is 5.82 Å². The Balaban J connectivity index is 2.36. The van der Waals surface area contributed by atoms with Gasteiger partial charge in [-0.3, -0.25) is 4.79 Å². The highest BCUT2D eigenvalue weighted by molar-refractivity contribution is 5.97. The van der Waals surface area contributed by atoms with Gasteiger partial charge in [0.25, 0.3) is 5.91 Å². The molecule has 16 heavy (non-hydrogen) atoms. The first-order valence-corrected chi connectivity index (χ1v) is 5.49. The zero-order valence-corrected chi connectivity index (χ0v) is 9.12. The van der Waals surface area contributed by atoms with Crippen molar-refractivity contribution < 1.29 is 4.79 Å². The number of nitrogens with zero attached hydrogens (tertiary/aromatic N) is 1. The molecule has 0 saturated heterocycles. The minimum atomic E-state index is -0.443. The number of hydrogen-bond acceptors (Lipinski definition) is 4. The van der Waals surface area contributed by atoms with E-state index in [0.717, 1.165) is 30.5 Å². The minimum absolute atomic E-state index is 0.443. The first-order chi connectivity index (χ1) is 7.72. The van der Waals surface area contributed by atoms with Gasteiger partial charge in [0.05, 0.1) is 5.56 Å². The maximum atomic E-state index is 11.3. The number of nitrogens with one attached hydrogen (secondary N) is 1. The van der Waals surface area contributed by atoms with Crippen LogP contribution in [0.15, 0.2) is 6.07 Å². The van der Waals surface area contributed by atoms with Gasteiger partial charge in [-0.2, -0.15) is 0 Å². The number of carbonyl (C=O) groups excluding carboxylic acids is 1. The van der Waals surface area contributed by atoms with Gasteiger partial charge in [-0.25, -0.2) is 4.98 Å². The van der Waals surface area contributed by atoms with Gasteiger partial charge in [0, 0.05) is 18.8 Å². The minimum Gasteiger partial charge on any atom is -0.368 e. The van der Waals surface area contributed by atoms with Crippen molar-refractivity contribution in [2.24, 2.45) is 11.5 Å². The smallest absolute Gasteiger partial charge is 0.252 e. The molecule has 0 saturated carbocycles. The number of pyridine rings is 1. The largest absolute Gasteiger partial charge is 0.368 e. The van der Waals surface area contributed by atoms with Crippen LogP contribution in [0.3, 0.4) is 0 Å². The Labute approximate surface area is 94.2 Å². The fourth-order valence-electron chi connectivity index (χ4n) is 1.99. The standard InChI is InChI=1S/C11H16N4O/c12-4-5-14-11-8(10(13)16)6-7-2-1-3-9(7)15-11/h6H,1-5,12H2,(H2,13,16)(H,14,15). The number of hydrogen-bond donors (Lipinski definition) is 3. The molecule has 0 bridgehead atoms. The first kappa shape index (κ1) is 10.9. The van der Waals surface area contributed by atoms with Crippen LogP contribution in [0.4, 0.5) is 5.82 Å². The molecule has 0 radical (unpaired) electrons. The van der Waals surface area contributed by atoms with Gasteiger partial charge in [-0.1, -0.05) is 0 Å². The number of aromatic nitrogens is 1. The van der Waals surface area contributed by atoms with Crippen LogP contribution in [-0.2, 0) is 12.8 Å². The van der Waals surface area contributed by atoms with Crippen molar-refractivity contribution in [2.45, 2.75) is 19.3 Å². The lowest BCUT2D eigenvalue weighted by Gasteiger charge is -2.10. The monoisotopic (exact) mass is 220 g/mol. The topological polar surface area (TPSA) is 94.0 Å². The van der Waals surface area contributed by atoms with Crippen LogP contribution in [0, 0.1) is 0 Å². The molecule has 1 amide bonds. The number of amides is 1. The second kappa shape index (κ2) is 4.49. The molecular formula is C11H16N4O. The predicted octanol–water partition coefficient (Wildman–Crippen LogP) is 0.0398. The molecule has 2 rings (SSSR count). The van der Waals surface area contributed by atoms with Crippen molar-refractivity contribution in [2.75, 3.05) is 18.4 Å². The summed E-state index contributed by atoms with van der Waals surface area (Å²) in [6.07, 6.45) is 3.06. The summed E-state index contributed by atoms with van der Waals surface area (Å²) in [6, 6.07) is 1.86. The molecule has 86 valence electrons. The summed E-state index contributed by atoms with van der Waals surface area (Å²) in [5.74, 6) is 0.125. The Kier molecular flexibility index (Phi) is 3.05. The Morgan fingerprint density at radius 3 is 3.00 bits per heavy atom. The number of primary amides is 1. The van der Waals surface area contributed by atoms with Crippen molar-refractivity contribution in [3.8, 4) is 0 Å². The number of aryl methyl sites for hydroxylation is 2. The molecule has 0 aromatic carbocycles. The molecule has 5 heteroatoms. The molecule has 1 aromatic heterocycles. The van der Waals surface area contributed by atoms with E-state index in [1.54, 1.807) is 0 Å². The van der Waals surface area contributed by atoms with E-state index in [1.165, 1.54) is 0 Å². The molecule has 0 fully saturated rings. The maximum absolute atomic E-state index is 11.3. The lowest BCUT2D eigenvalue weighted by Crippen LogP contribution is -2.20. The number of anilines is 1. The van der Waals surface area contributed by atoms with Crippen LogP contribution >= 0.6 is 0 Å². The molecule has 0 atom stereocenters. The van der Waals surface area contributed by atoms with Crippen LogP contribution in [-0.4, -0.2) is 24.0 Å². The quantitative estimate of drug-likeness (QED) is 0.667. The number of nitrogens with two attached hydrogens (primary N) is 2. The summed E-state index contributed by atoms with van der Waals surface area (Å²) in [4.78, 5) is 15.7. The molecule has 0 aliphatic heterocycles. The molecule has 0 unspecified atom stereocenters. The summed E-state index contributed by atoms with van der Waals surface area (Å²) in [5.41, 5.74) is 13.4. The molecular weight excluding hydrogens is 204 g/mol. The zero-order chi connectivity index (χ0) is 11.5. The van der Waals surface area contributed by atoms with Gasteiger partial charge < -0.3 is 16.8 Å². The SMILES string of the molecule is NCCNc1nc2c(cc1C(N)=O)CCC2. The third-order valence-corrected chi connectivity index (χ3v) is 2.75. The average molecular weight is 220 g/mol. The fourth-order valence-corrected chi connectivity index (χ4v) is 1.99. The maximum Gasteiger partial charge on any atom is 0.252 e. The summed E-state index contributed by atoms with van der Waals surface area (Å²) >= 11 is 0. The van der Waals surface area contributed by atoms with E-state index in [2.05, 4.69) is 10.3 Å². The Hall–Kier alpha value is -1.62. The van der Waals surface area contributed by atoms with E-state index in [0.29, 0.717) is 24.5 Å². The Morgan fingerprint density at radius 2 is 2.31 bits per heavy atom. The average Bonchev–Trinajstić information content (AvgIpc) is 2.71. The Bertz CT molecular complexity index is 417. The van der Waals surface area contributed by atoms with Gasteiger partial charge in [0.15, 0.2) is 0 Å². The first-order valence-electron chi connectivity index (χ1n) is 5.49. The van der Waals surface area contributed by atoms with Gasteiger partial charge in [-0.15, -0.1) is 0 Å². The van der Waals surface area contributed by atoms with Gasteiger partial charge in [-0.05, 0) is 30.9 Å². The number of rotatable bonds is 4. The van der Waals surface area contributed by atoms with Crippen LogP contribution in [0.25, 0.3) is 0 Å². The van der Waals surface area contributed by atoms with E-state index < -0.39 is 5.91 Å². The van der Waals surface area contributed by atoms with Gasteiger partial charge in [0.2, 0.25) is 0 Å². The molecule has 0 spiro atoms. The van der Waals surface area contributed by atoms with Crippen molar-refractivity contribution in [3.05, 3.63) is 22.9 Å². The number of carbonyl (C=O) groups is 1. The van der Waals surface area contributed by atoms with E-state index in [1.807, 2.05) is 6.07 Å². The van der Waals surface area contributed by atoms with Gasteiger partial charge >= 0.3 is 0 Å². The predicted molar refractivity (Wildman–Crippen MR) is 62.3 cm³/mol. The summed E-state index contributed by atoms with van der Waals surface area (Å²) in [7, 11) is 0. The molecule has 1 heterocycles. The molecule has 5 nitrogen and oxygen atoms in total. The highest BCUT2D eigenvalue weighted by Crippen LogP contribution is 2.24. The highest BCUT2D eigenvalue weighted by Gasteiger charge is 2.18. The second-order valence-corrected chi connectivity index (χ2v) is 3.92. The van der Waals surface area contributed by atoms with Crippen LogP contribution in [0.1, 0.15) is 28.0 Å². The molecule has 5 N–H and O–H groups in total. The van der Waals surface area contributed by atoms with E-state index in [4.69, 9.17) is 11.5 Å². The van der Waals surface area contributed by atoms with Crippen molar-refractivity contribution in [1.29, 1.82) is 0 Å². The summed E-state index contributed by atoms with van der Waals surface area (Å²) in [6.45, 7) is 1.09. The highest BCUT2D eigenvalue weighted by atomic mass is 16.1. The summed E-state index contributed by atoms with van der Waals surface area (Å²) in [5, 5.41) is 3.04. The van der Waals surface area contributed by atoms with E-state index in [9.17, 15) is 4.79 Å². The van der Waals surface area contributed by atoms with Crippen molar-refractivity contribution in [3.63, 3.8) is 0 Å². The third kappa shape index (κ3) is 1.99. The van der Waals surface area contributed by atoms with Crippen molar-refractivity contribution in [1.82, 2.24) is 4.98 Å². The van der Waals surface area contributed by atoms with Crippen LogP contribution < -0.4 is 16.8 Å². The number of fused-ring (bicyclic) bond motifs is 1. The lowest BCUT2D eigenvalue weighted by molar-refractivity contribution is 0.100. The normalized spacial score (nSPS) is 13.6. The molecule has 1 aliphatic carbocycles. The van der Waals surface area contributed by atoms with Crippen molar-refractivity contribution >= 4 is 11.7 Å². The zero-order valence-electron chi connectivity index (χ0n) is 9.12. The summed E-state index contributed by atoms with van der Waals surface area (Å²) < 4.78 is 0. The molecule has 1 aromatic rings. The molecule has 1 aliphatic rings.